The van der Waals surface area contributed by atoms with Gasteiger partial charge in [0, 0.05) is 28.7 Å². The Balaban J connectivity index is 2.79. The summed E-state index contributed by atoms with van der Waals surface area (Å²) < 4.78 is 1.06. The van der Waals surface area contributed by atoms with Crippen molar-refractivity contribution in [3.8, 4) is 0 Å². The quantitative estimate of drug-likeness (QED) is 0.817. The summed E-state index contributed by atoms with van der Waals surface area (Å²) in [6.07, 6.45) is 0.370. The standard InChI is InChI=1S/C14H19BrClNO/c1-10-4-5-11(15)8-12(10)14(2,3)9-17-13(18)6-7-16/h4-5,8H,6-7,9H2,1-3H3,(H,17,18). The number of hydrogen-bond donors (Lipinski definition) is 1. The van der Waals surface area contributed by atoms with Crippen LogP contribution in [0.2, 0.25) is 0 Å². The van der Waals surface area contributed by atoms with Crippen LogP contribution < -0.4 is 5.32 Å². The van der Waals surface area contributed by atoms with E-state index in [0.717, 1.165) is 4.47 Å². The highest BCUT2D eigenvalue weighted by molar-refractivity contribution is 9.10. The fraction of sp³-hybridized carbons (Fsp3) is 0.500. The van der Waals surface area contributed by atoms with Gasteiger partial charge >= 0.3 is 0 Å². The minimum absolute atomic E-state index is 0.00530. The predicted molar refractivity (Wildman–Crippen MR) is 80.3 cm³/mol. The van der Waals surface area contributed by atoms with Crippen molar-refractivity contribution in [2.75, 3.05) is 12.4 Å². The first-order valence-electron chi connectivity index (χ1n) is 5.96. The van der Waals surface area contributed by atoms with Gasteiger partial charge in [-0.05, 0) is 30.2 Å². The van der Waals surface area contributed by atoms with Crippen LogP contribution in [-0.2, 0) is 10.2 Å². The van der Waals surface area contributed by atoms with Crippen LogP contribution in [0.5, 0.6) is 0 Å². The third kappa shape index (κ3) is 4.29. The van der Waals surface area contributed by atoms with E-state index < -0.39 is 0 Å². The maximum absolute atomic E-state index is 11.5. The molecule has 1 amide bonds. The Bertz CT molecular complexity index is 432. The van der Waals surface area contributed by atoms with Gasteiger partial charge in [0.1, 0.15) is 0 Å². The fourth-order valence-corrected chi connectivity index (χ4v) is 2.45. The normalized spacial score (nSPS) is 11.4. The van der Waals surface area contributed by atoms with Crippen LogP contribution in [0.15, 0.2) is 22.7 Å². The Labute approximate surface area is 122 Å². The molecule has 4 heteroatoms. The number of halogens is 2. The summed E-state index contributed by atoms with van der Waals surface area (Å²) in [7, 11) is 0. The van der Waals surface area contributed by atoms with Crippen molar-refractivity contribution in [2.24, 2.45) is 0 Å². The van der Waals surface area contributed by atoms with Gasteiger partial charge in [0.15, 0.2) is 0 Å². The second kappa shape index (κ2) is 6.58. The van der Waals surface area contributed by atoms with Crippen LogP contribution in [0, 0.1) is 6.92 Å². The Morgan fingerprint density at radius 1 is 1.44 bits per heavy atom. The van der Waals surface area contributed by atoms with Gasteiger partial charge in [0.05, 0.1) is 0 Å². The van der Waals surface area contributed by atoms with Crippen LogP contribution in [0.25, 0.3) is 0 Å². The first-order chi connectivity index (χ1) is 8.36. The van der Waals surface area contributed by atoms with E-state index in [1.165, 1.54) is 11.1 Å². The molecule has 1 aromatic rings. The molecule has 0 fully saturated rings. The van der Waals surface area contributed by atoms with E-state index in [9.17, 15) is 4.79 Å². The second-order valence-corrected chi connectivity index (χ2v) is 6.35. The van der Waals surface area contributed by atoms with Gasteiger partial charge in [-0.2, -0.15) is 0 Å². The lowest BCUT2D eigenvalue weighted by molar-refractivity contribution is -0.120. The van der Waals surface area contributed by atoms with Crippen molar-refractivity contribution >= 4 is 33.4 Å². The molecule has 0 bridgehead atoms. The van der Waals surface area contributed by atoms with Crippen LogP contribution in [0.1, 0.15) is 31.4 Å². The van der Waals surface area contributed by atoms with E-state index >= 15 is 0 Å². The smallest absolute Gasteiger partial charge is 0.221 e. The maximum Gasteiger partial charge on any atom is 0.221 e. The highest BCUT2D eigenvalue weighted by Crippen LogP contribution is 2.28. The van der Waals surface area contributed by atoms with E-state index in [1.54, 1.807) is 0 Å². The van der Waals surface area contributed by atoms with Crippen molar-refractivity contribution in [1.29, 1.82) is 0 Å². The topological polar surface area (TPSA) is 29.1 Å². The molecular formula is C14H19BrClNO. The number of rotatable bonds is 5. The summed E-state index contributed by atoms with van der Waals surface area (Å²) in [4.78, 5) is 11.5. The Morgan fingerprint density at radius 2 is 2.11 bits per heavy atom. The predicted octanol–water partition coefficient (Wildman–Crippen LogP) is 3.78. The van der Waals surface area contributed by atoms with E-state index in [2.05, 4.69) is 54.2 Å². The average Bonchev–Trinajstić information content (AvgIpc) is 2.30. The lowest BCUT2D eigenvalue weighted by Gasteiger charge is -2.27. The molecule has 0 heterocycles. The summed E-state index contributed by atoms with van der Waals surface area (Å²) in [6, 6.07) is 6.23. The maximum atomic E-state index is 11.5. The monoisotopic (exact) mass is 331 g/mol. The molecule has 0 unspecified atom stereocenters. The van der Waals surface area contributed by atoms with Crippen molar-refractivity contribution in [3.05, 3.63) is 33.8 Å². The zero-order chi connectivity index (χ0) is 13.8. The number of amides is 1. The van der Waals surface area contributed by atoms with Gasteiger partial charge < -0.3 is 5.32 Å². The number of carbonyl (C=O) groups is 1. The van der Waals surface area contributed by atoms with E-state index in [0.29, 0.717) is 18.8 Å². The summed E-state index contributed by atoms with van der Waals surface area (Å²) in [5, 5.41) is 2.93. The highest BCUT2D eigenvalue weighted by Gasteiger charge is 2.23. The molecule has 0 atom stereocenters. The lowest BCUT2D eigenvalue weighted by atomic mass is 9.82. The molecule has 2 nitrogen and oxygen atoms in total. The first kappa shape index (κ1) is 15.5. The number of hydrogen-bond acceptors (Lipinski definition) is 1. The van der Waals surface area contributed by atoms with Crippen LogP contribution in [-0.4, -0.2) is 18.3 Å². The molecule has 0 radical (unpaired) electrons. The molecule has 1 aromatic carbocycles. The molecule has 1 rings (SSSR count). The summed E-state index contributed by atoms with van der Waals surface area (Å²) in [5.74, 6) is 0.369. The number of carbonyl (C=O) groups excluding carboxylic acids is 1. The fourth-order valence-electron chi connectivity index (χ4n) is 1.91. The summed E-state index contributed by atoms with van der Waals surface area (Å²) in [6.45, 7) is 6.95. The van der Waals surface area contributed by atoms with Crippen molar-refractivity contribution < 1.29 is 4.79 Å². The summed E-state index contributed by atoms with van der Waals surface area (Å²) in [5.41, 5.74) is 2.37. The Hall–Kier alpha value is -0.540. The number of nitrogens with one attached hydrogen (secondary N) is 1. The third-order valence-electron chi connectivity index (χ3n) is 2.98. The zero-order valence-electron chi connectivity index (χ0n) is 11.0. The molecule has 0 aliphatic heterocycles. The van der Waals surface area contributed by atoms with Crippen molar-refractivity contribution in [2.45, 2.75) is 32.6 Å². The molecule has 100 valence electrons. The number of benzene rings is 1. The van der Waals surface area contributed by atoms with Crippen molar-refractivity contribution in [3.63, 3.8) is 0 Å². The number of aryl methyl sites for hydroxylation is 1. The first-order valence-corrected chi connectivity index (χ1v) is 7.29. The van der Waals surface area contributed by atoms with Gasteiger partial charge in [0.25, 0.3) is 0 Å². The Kier molecular flexibility index (Phi) is 5.67. The Morgan fingerprint density at radius 3 is 2.72 bits per heavy atom. The largest absolute Gasteiger partial charge is 0.355 e. The van der Waals surface area contributed by atoms with Gasteiger partial charge in [-0.3, -0.25) is 4.79 Å². The average molecular weight is 333 g/mol. The van der Waals surface area contributed by atoms with Gasteiger partial charge in [0.2, 0.25) is 5.91 Å². The molecule has 0 saturated carbocycles. The minimum atomic E-state index is -0.101. The number of alkyl halides is 1. The molecule has 0 saturated heterocycles. The van der Waals surface area contributed by atoms with E-state index in [1.807, 2.05) is 6.07 Å². The zero-order valence-corrected chi connectivity index (χ0v) is 13.4. The lowest BCUT2D eigenvalue weighted by Crippen LogP contribution is -2.37. The molecule has 18 heavy (non-hydrogen) atoms. The SMILES string of the molecule is Cc1ccc(Br)cc1C(C)(C)CNC(=O)CCCl. The van der Waals surface area contributed by atoms with Crippen LogP contribution in [0.3, 0.4) is 0 Å². The molecule has 1 N–H and O–H groups in total. The molecule has 0 spiro atoms. The van der Waals surface area contributed by atoms with Crippen LogP contribution in [0.4, 0.5) is 0 Å². The van der Waals surface area contributed by atoms with Gasteiger partial charge in [-0.1, -0.05) is 35.8 Å². The van der Waals surface area contributed by atoms with E-state index in [-0.39, 0.29) is 11.3 Å². The van der Waals surface area contributed by atoms with Gasteiger partial charge in [-0.15, -0.1) is 11.6 Å². The molecule has 0 aliphatic rings. The minimum Gasteiger partial charge on any atom is -0.355 e. The third-order valence-corrected chi connectivity index (χ3v) is 3.66. The molecule has 0 aliphatic carbocycles. The summed E-state index contributed by atoms with van der Waals surface area (Å²) >= 11 is 9.03. The van der Waals surface area contributed by atoms with Gasteiger partial charge in [-0.25, -0.2) is 0 Å². The van der Waals surface area contributed by atoms with Crippen molar-refractivity contribution in [1.82, 2.24) is 5.32 Å². The second-order valence-electron chi connectivity index (χ2n) is 5.06. The molecular weight excluding hydrogens is 314 g/mol. The molecule has 0 aromatic heterocycles. The van der Waals surface area contributed by atoms with Crippen LogP contribution >= 0.6 is 27.5 Å². The van der Waals surface area contributed by atoms with E-state index in [4.69, 9.17) is 11.6 Å². The highest BCUT2D eigenvalue weighted by atomic mass is 79.9.